The first-order valence-corrected chi connectivity index (χ1v) is 9.61. The summed E-state index contributed by atoms with van der Waals surface area (Å²) in [5.74, 6) is -0.379. The van der Waals surface area contributed by atoms with E-state index in [1.165, 1.54) is 12.1 Å². The zero-order valence-electron chi connectivity index (χ0n) is 15.3. The second-order valence-electron chi connectivity index (χ2n) is 7.63. The van der Waals surface area contributed by atoms with Gasteiger partial charge in [0.25, 0.3) is 0 Å². The fraction of sp³-hybridized carbons (Fsp3) is 0.600. The van der Waals surface area contributed by atoms with Crippen molar-refractivity contribution in [2.75, 3.05) is 27.2 Å². The van der Waals surface area contributed by atoms with Crippen LogP contribution >= 0.6 is 15.9 Å². The summed E-state index contributed by atoms with van der Waals surface area (Å²) in [7, 11) is 4.02. The monoisotopic (exact) mass is 413 g/mol. The first-order valence-electron chi connectivity index (χ1n) is 8.81. The number of nitrogens with zero attached hydrogens (tertiary/aromatic N) is 1. The van der Waals surface area contributed by atoms with Crippen molar-refractivity contribution in [3.05, 3.63) is 46.2 Å². The minimum Gasteiger partial charge on any atom is -0.396 e. The van der Waals surface area contributed by atoms with E-state index in [-0.39, 0.29) is 18.3 Å². The molecule has 0 bridgehead atoms. The molecule has 0 saturated carbocycles. The van der Waals surface area contributed by atoms with Crippen molar-refractivity contribution in [1.82, 2.24) is 4.90 Å². The van der Waals surface area contributed by atoms with E-state index in [9.17, 15) is 14.6 Å². The van der Waals surface area contributed by atoms with Crippen LogP contribution in [-0.2, 0) is 5.60 Å². The van der Waals surface area contributed by atoms with Crippen LogP contribution in [0.5, 0.6) is 0 Å². The van der Waals surface area contributed by atoms with E-state index in [1.54, 1.807) is 12.1 Å². The Kier molecular flexibility index (Phi) is 6.82. The van der Waals surface area contributed by atoms with Crippen molar-refractivity contribution < 1.29 is 14.6 Å². The van der Waals surface area contributed by atoms with Crippen LogP contribution in [-0.4, -0.2) is 42.4 Å². The highest BCUT2D eigenvalue weighted by atomic mass is 79.9. The molecule has 0 saturated heterocycles. The van der Waals surface area contributed by atoms with E-state index < -0.39 is 11.0 Å². The average molecular weight is 414 g/mol. The Labute approximate surface area is 158 Å². The number of hydrogen-bond donors (Lipinski definition) is 2. The molecule has 5 heteroatoms. The Morgan fingerprint density at radius 2 is 1.96 bits per heavy atom. The lowest BCUT2D eigenvalue weighted by molar-refractivity contribution is -0.131. The Morgan fingerprint density at radius 3 is 2.52 bits per heavy atom. The molecule has 25 heavy (non-hydrogen) atoms. The highest BCUT2D eigenvalue weighted by Gasteiger charge is 2.52. The van der Waals surface area contributed by atoms with Crippen molar-refractivity contribution in [2.24, 2.45) is 11.3 Å². The molecule has 3 unspecified atom stereocenters. The standard InChI is InChI=1S/C20H29BrFNO2/c1-19(11-9-17(21)13-16(19)14-24)20(25,10-4-12-23(2)3)15-5-7-18(22)8-6-15/h5-9,16,24-25H,4,10-14H2,1-3H3. The summed E-state index contributed by atoms with van der Waals surface area (Å²) in [6.07, 6.45) is 4.83. The number of aliphatic hydroxyl groups excluding tert-OH is 1. The van der Waals surface area contributed by atoms with Crippen molar-refractivity contribution >= 4 is 15.9 Å². The molecule has 1 aliphatic rings. The van der Waals surface area contributed by atoms with Gasteiger partial charge in [-0.1, -0.05) is 41.1 Å². The summed E-state index contributed by atoms with van der Waals surface area (Å²) < 4.78 is 14.5. The molecule has 140 valence electrons. The van der Waals surface area contributed by atoms with Gasteiger partial charge < -0.3 is 15.1 Å². The van der Waals surface area contributed by atoms with E-state index >= 15 is 0 Å². The highest BCUT2D eigenvalue weighted by Crippen LogP contribution is 2.54. The number of allylic oxidation sites excluding steroid dienone is 2. The van der Waals surface area contributed by atoms with Crippen LogP contribution in [0.1, 0.15) is 38.2 Å². The maximum absolute atomic E-state index is 13.4. The van der Waals surface area contributed by atoms with Gasteiger partial charge >= 0.3 is 0 Å². The molecule has 1 aromatic rings. The van der Waals surface area contributed by atoms with E-state index in [0.29, 0.717) is 19.3 Å². The summed E-state index contributed by atoms with van der Waals surface area (Å²) in [5.41, 5.74) is -0.933. The molecule has 0 amide bonds. The fourth-order valence-electron chi connectivity index (χ4n) is 3.94. The minimum absolute atomic E-state index is 0.0105. The normalized spacial score (nSPS) is 26.4. The molecule has 0 aromatic heterocycles. The number of aliphatic hydroxyl groups is 2. The van der Waals surface area contributed by atoms with Gasteiger partial charge in [-0.15, -0.1) is 0 Å². The maximum Gasteiger partial charge on any atom is 0.123 e. The van der Waals surface area contributed by atoms with Gasteiger partial charge in [-0.3, -0.25) is 0 Å². The topological polar surface area (TPSA) is 43.7 Å². The largest absolute Gasteiger partial charge is 0.396 e. The molecule has 0 fully saturated rings. The zero-order chi connectivity index (χ0) is 18.7. The van der Waals surface area contributed by atoms with Crippen molar-refractivity contribution in [1.29, 1.82) is 0 Å². The van der Waals surface area contributed by atoms with E-state index in [0.717, 1.165) is 23.0 Å². The molecule has 0 heterocycles. The molecule has 1 aromatic carbocycles. The number of halogens is 2. The fourth-order valence-corrected chi connectivity index (χ4v) is 4.49. The number of benzene rings is 1. The first kappa shape index (κ1) is 20.6. The first-order chi connectivity index (χ1) is 11.7. The molecule has 0 aliphatic heterocycles. The lowest BCUT2D eigenvalue weighted by Gasteiger charge is -2.51. The number of hydrogen-bond acceptors (Lipinski definition) is 3. The molecule has 3 nitrogen and oxygen atoms in total. The van der Waals surface area contributed by atoms with Gasteiger partial charge in [-0.05, 0) is 74.4 Å². The lowest BCUT2D eigenvalue weighted by atomic mass is 9.57. The Bertz CT molecular complexity index is 604. The zero-order valence-corrected chi connectivity index (χ0v) is 16.9. The quantitative estimate of drug-likeness (QED) is 0.708. The van der Waals surface area contributed by atoms with Crippen LogP contribution < -0.4 is 0 Å². The van der Waals surface area contributed by atoms with Crippen LogP contribution in [0.3, 0.4) is 0 Å². The molecule has 1 aliphatic carbocycles. The minimum atomic E-state index is -1.13. The van der Waals surface area contributed by atoms with Crippen LogP contribution in [0.15, 0.2) is 34.8 Å². The molecule has 2 rings (SSSR count). The van der Waals surface area contributed by atoms with Gasteiger partial charge in [-0.2, -0.15) is 0 Å². The van der Waals surface area contributed by atoms with Gasteiger partial charge in [0.15, 0.2) is 0 Å². The van der Waals surface area contributed by atoms with Crippen LogP contribution in [0.25, 0.3) is 0 Å². The summed E-state index contributed by atoms with van der Waals surface area (Å²) >= 11 is 3.54. The third kappa shape index (κ3) is 4.33. The van der Waals surface area contributed by atoms with Gasteiger partial charge in [0, 0.05) is 12.0 Å². The SMILES string of the molecule is CN(C)CCCC(O)(c1ccc(F)cc1)C1(C)CC=C(Br)CC1CO. The molecule has 0 spiro atoms. The molecule has 3 atom stereocenters. The van der Waals surface area contributed by atoms with Gasteiger partial charge in [0.05, 0.1) is 5.60 Å². The summed E-state index contributed by atoms with van der Waals surface area (Å²) in [4.78, 5) is 2.09. The predicted octanol–water partition coefficient (Wildman–Crippen LogP) is 4.04. The van der Waals surface area contributed by atoms with Crippen molar-refractivity contribution in [3.8, 4) is 0 Å². The van der Waals surface area contributed by atoms with Gasteiger partial charge in [-0.25, -0.2) is 4.39 Å². The second-order valence-corrected chi connectivity index (χ2v) is 8.65. The highest BCUT2D eigenvalue weighted by molar-refractivity contribution is 9.11. The molecule has 2 N–H and O–H groups in total. The summed E-state index contributed by atoms with van der Waals surface area (Å²) in [6, 6.07) is 6.16. The third-order valence-corrected chi connectivity index (χ3v) is 6.37. The number of rotatable bonds is 7. The van der Waals surface area contributed by atoms with Crippen LogP contribution in [0, 0.1) is 17.2 Å². The second kappa shape index (κ2) is 8.30. The predicted molar refractivity (Wildman–Crippen MR) is 103 cm³/mol. The van der Waals surface area contributed by atoms with Crippen molar-refractivity contribution in [3.63, 3.8) is 0 Å². The van der Waals surface area contributed by atoms with E-state index in [1.807, 2.05) is 21.0 Å². The van der Waals surface area contributed by atoms with Crippen LogP contribution in [0.2, 0.25) is 0 Å². The molecular formula is C20H29BrFNO2. The summed E-state index contributed by atoms with van der Waals surface area (Å²) in [6.45, 7) is 2.92. The third-order valence-electron chi connectivity index (χ3n) is 5.72. The Hall–Kier alpha value is -0.750. The average Bonchev–Trinajstić information content (AvgIpc) is 2.57. The van der Waals surface area contributed by atoms with Gasteiger partial charge in [0.1, 0.15) is 5.82 Å². The Morgan fingerprint density at radius 1 is 1.32 bits per heavy atom. The van der Waals surface area contributed by atoms with Crippen molar-refractivity contribution in [2.45, 2.75) is 38.2 Å². The molecular weight excluding hydrogens is 385 g/mol. The van der Waals surface area contributed by atoms with Gasteiger partial charge in [0.2, 0.25) is 0 Å². The lowest BCUT2D eigenvalue weighted by Crippen LogP contribution is -2.51. The Balaban J connectivity index is 2.43. The summed E-state index contributed by atoms with van der Waals surface area (Å²) in [5, 5.41) is 21.8. The smallest absolute Gasteiger partial charge is 0.123 e. The maximum atomic E-state index is 13.4. The van der Waals surface area contributed by atoms with E-state index in [2.05, 4.69) is 26.9 Å². The van der Waals surface area contributed by atoms with Crippen LogP contribution in [0.4, 0.5) is 4.39 Å². The van der Waals surface area contributed by atoms with E-state index in [4.69, 9.17) is 0 Å². The molecule has 0 radical (unpaired) electrons.